The van der Waals surface area contributed by atoms with Gasteiger partial charge in [-0.15, -0.1) is 0 Å². The number of allylic oxidation sites excluding steroid dienone is 1. The molecule has 0 spiro atoms. The zero-order valence-electron chi connectivity index (χ0n) is 12.9. The van der Waals surface area contributed by atoms with Gasteiger partial charge in [-0.1, -0.05) is 30.9 Å². The highest BCUT2D eigenvalue weighted by atomic mass is 16.5. The zero-order chi connectivity index (χ0) is 15.2. The monoisotopic (exact) mass is 284 g/mol. The molecule has 0 atom stereocenters. The first kappa shape index (κ1) is 15.4. The number of piperidine rings is 1. The first-order valence-electron chi connectivity index (χ1n) is 7.31. The third-order valence-electron chi connectivity index (χ3n) is 3.84. The van der Waals surface area contributed by atoms with Crippen molar-refractivity contribution in [3.05, 3.63) is 59.7 Å². The van der Waals surface area contributed by atoms with Gasteiger partial charge in [0.25, 0.3) is 0 Å². The normalized spacial score (nSPS) is 19.1. The molecular formula is C18H24N2O. The van der Waals surface area contributed by atoms with E-state index >= 15 is 0 Å². The lowest BCUT2D eigenvalue weighted by molar-refractivity contribution is 0.414. The van der Waals surface area contributed by atoms with Crippen LogP contribution >= 0.6 is 0 Å². The predicted molar refractivity (Wildman–Crippen MR) is 89.9 cm³/mol. The second-order valence-electron chi connectivity index (χ2n) is 5.19. The van der Waals surface area contributed by atoms with E-state index in [2.05, 4.69) is 36.6 Å². The Morgan fingerprint density at radius 2 is 2.14 bits per heavy atom. The molecule has 0 aromatic heterocycles. The highest BCUT2D eigenvalue weighted by molar-refractivity contribution is 5.61. The number of ether oxygens (including phenoxy) is 1. The number of anilines is 1. The average molecular weight is 284 g/mol. The molecule has 1 aliphatic heterocycles. The number of hydrogen-bond donors (Lipinski definition) is 1. The van der Waals surface area contributed by atoms with Crippen LogP contribution in [0.5, 0.6) is 5.75 Å². The van der Waals surface area contributed by atoms with E-state index in [1.807, 2.05) is 18.2 Å². The van der Waals surface area contributed by atoms with Crippen LogP contribution in [0.4, 0.5) is 5.69 Å². The topological polar surface area (TPSA) is 38.5 Å². The molecule has 0 aliphatic carbocycles. The number of nitrogens with two attached hydrogens (primary N) is 1. The lowest BCUT2D eigenvalue weighted by Gasteiger charge is -2.33. The summed E-state index contributed by atoms with van der Waals surface area (Å²) in [7, 11) is 1.72. The number of para-hydroxylation sites is 2. The molecule has 1 aromatic rings. The van der Waals surface area contributed by atoms with Crippen LogP contribution in [-0.4, -0.2) is 26.7 Å². The Labute approximate surface area is 127 Å². The van der Waals surface area contributed by atoms with Crippen LogP contribution in [0.15, 0.2) is 59.7 Å². The fraction of sp³-hybridized carbons (Fsp3) is 0.333. The Morgan fingerprint density at radius 3 is 2.81 bits per heavy atom. The van der Waals surface area contributed by atoms with Crippen LogP contribution in [0.25, 0.3) is 0 Å². The molecule has 3 heteroatoms. The number of rotatable bonds is 4. The summed E-state index contributed by atoms with van der Waals surface area (Å²) in [6, 6.07) is 8.15. The van der Waals surface area contributed by atoms with E-state index in [4.69, 9.17) is 10.5 Å². The number of hydrogen-bond acceptors (Lipinski definition) is 3. The molecule has 1 fully saturated rings. The Bertz CT molecular complexity index is 572. The van der Waals surface area contributed by atoms with Crippen LogP contribution < -0.4 is 15.4 Å². The predicted octanol–water partition coefficient (Wildman–Crippen LogP) is 3.29. The van der Waals surface area contributed by atoms with E-state index in [0.717, 1.165) is 36.5 Å². The van der Waals surface area contributed by atoms with Gasteiger partial charge in [0.1, 0.15) is 5.75 Å². The first-order chi connectivity index (χ1) is 10.2. The Kier molecular flexibility index (Phi) is 5.23. The van der Waals surface area contributed by atoms with Gasteiger partial charge in [0.2, 0.25) is 0 Å². The van der Waals surface area contributed by atoms with Crippen molar-refractivity contribution in [1.82, 2.24) is 0 Å². The standard InChI is InChI=1S/C18H24N2O/c1-4-15-9-10-20(13-16(15)11-14(2)12-19)17-7-5-6-8-18(17)21-3/h4-8,11H,2,9-10,12-13,19H2,1,3H3/b15-4-,16-11-. The summed E-state index contributed by atoms with van der Waals surface area (Å²) in [5.74, 6) is 0.915. The minimum absolute atomic E-state index is 0.495. The molecule has 2 rings (SSSR count). The molecule has 1 aliphatic rings. The molecular weight excluding hydrogens is 260 g/mol. The summed E-state index contributed by atoms with van der Waals surface area (Å²) >= 11 is 0. The Hall–Kier alpha value is -2.00. The van der Waals surface area contributed by atoms with Gasteiger partial charge in [0.15, 0.2) is 0 Å². The molecule has 0 saturated carbocycles. The summed E-state index contributed by atoms with van der Waals surface area (Å²) in [6.07, 6.45) is 5.34. The van der Waals surface area contributed by atoms with Crippen molar-refractivity contribution >= 4 is 5.69 Å². The number of methoxy groups -OCH3 is 1. The largest absolute Gasteiger partial charge is 0.495 e. The second-order valence-corrected chi connectivity index (χ2v) is 5.19. The van der Waals surface area contributed by atoms with Crippen LogP contribution in [0, 0.1) is 0 Å². The van der Waals surface area contributed by atoms with E-state index in [1.54, 1.807) is 7.11 Å². The van der Waals surface area contributed by atoms with E-state index in [9.17, 15) is 0 Å². The highest BCUT2D eigenvalue weighted by Gasteiger charge is 2.20. The van der Waals surface area contributed by atoms with Gasteiger partial charge in [-0.25, -0.2) is 0 Å². The molecule has 112 valence electrons. The number of benzene rings is 1. The molecule has 0 radical (unpaired) electrons. The maximum atomic E-state index is 5.67. The lowest BCUT2D eigenvalue weighted by atomic mass is 9.95. The molecule has 3 nitrogen and oxygen atoms in total. The highest BCUT2D eigenvalue weighted by Crippen LogP contribution is 2.33. The van der Waals surface area contributed by atoms with Gasteiger partial charge in [0, 0.05) is 19.6 Å². The molecule has 0 amide bonds. The molecule has 1 aromatic carbocycles. The number of nitrogens with zero attached hydrogens (tertiary/aromatic N) is 1. The van der Waals surface area contributed by atoms with Crippen LogP contribution in [0.3, 0.4) is 0 Å². The zero-order valence-corrected chi connectivity index (χ0v) is 12.9. The van der Waals surface area contributed by atoms with Crippen molar-refractivity contribution in [2.75, 3.05) is 31.6 Å². The summed E-state index contributed by atoms with van der Waals surface area (Å²) in [6.45, 7) is 8.43. The molecule has 1 heterocycles. The quantitative estimate of drug-likeness (QED) is 0.922. The summed E-state index contributed by atoms with van der Waals surface area (Å²) in [4.78, 5) is 2.35. The van der Waals surface area contributed by atoms with Crippen molar-refractivity contribution < 1.29 is 4.74 Å². The Morgan fingerprint density at radius 1 is 1.38 bits per heavy atom. The van der Waals surface area contributed by atoms with Crippen molar-refractivity contribution in [3.8, 4) is 5.75 Å². The van der Waals surface area contributed by atoms with Crippen LogP contribution in [-0.2, 0) is 0 Å². The maximum absolute atomic E-state index is 5.67. The summed E-state index contributed by atoms with van der Waals surface area (Å²) < 4.78 is 5.48. The smallest absolute Gasteiger partial charge is 0.142 e. The van der Waals surface area contributed by atoms with Gasteiger partial charge >= 0.3 is 0 Å². The van der Waals surface area contributed by atoms with Gasteiger partial charge < -0.3 is 15.4 Å². The van der Waals surface area contributed by atoms with Crippen LogP contribution in [0.2, 0.25) is 0 Å². The molecule has 0 unspecified atom stereocenters. The Balaban J connectivity index is 2.29. The molecule has 0 bridgehead atoms. The van der Waals surface area contributed by atoms with Gasteiger partial charge in [-0.2, -0.15) is 0 Å². The third kappa shape index (κ3) is 3.56. The van der Waals surface area contributed by atoms with Crippen LogP contribution in [0.1, 0.15) is 13.3 Å². The van der Waals surface area contributed by atoms with Crippen molar-refractivity contribution in [3.63, 3.8) is 0 Å². The fourth-order valence-electron chi connectivity index (χ4n) is 2.67. The molecule has 1 saturated heterocycles. The van der Waals surface area contributed by atoms with E-state index in [1.165, 1.54) is 11.1 Å². The van der Waals surface area contributed by atoms with Crippen molar-refractivity contribution in [2.45, 2.75) is 13.3 Å². The fourth-order valence-corrected chi connectivity index (χ4v) is 2.67. The second kappa shape index (κ2) is 7.14. The maximum Gasteiger partial charge on any atom is 0.142 e. The third-order valence-corrected chi connectivity index (χ3v) is 3.84. The van der Waals surface area contributed by atoms with E-state index < -0.39 is 0 Å². The SMILES string of the molecule is C=C(/C=C1/CN(c2ccccc2OC)CC/C1=C/C)CN. The molecule has 2 N–H and O–H groups in total. The van der Waals surface area contributed by atoms with Gasteiger partial charge in [-0.3, -0.25) is 0 Å². The average Bonchev–Trinajstić information content (AvgIpc) is 2.54. The van der Waals surface area contributed by atoms with E-state index in [0.29, 0.717) is 6.54 Å². The lowest BCUT2D eigenvalue weighted by Crippen LogP contribution is -2.32. The van der Waals surface area contributed by atoms with Crippen molar-refractivity contribution in [1.29, 1.82) is 0 Å². The van der Waals surface area contributed by atoms with Crippen molar-refractivity contribution in [2.24, 2.45) is 5.73 Å². The minimum atomic E-state index is 0.495. The molecule has 21 heavy (non-hydrogen) atoms. The van der Waals surface area contributed by atoms with Gasteiger partial charge in [0.05, 0.1) is 12.8 Å². The minimum Gasteiger partial charge on any atom is -0.495 e. The van der Waals surface area contributed by atoms with E-state index in [-0.39, 0.29) is 0 Å². The summed E-state index contributed by atoms with van der Waals surface area (Å²) in [5.41, 5.74) is 10.5. The summed E-state index contributed by atoms with van der Waals surface area (Å²) in [5, 5.41) is 0. The first-order valence-corrected chi connectivity index (χ1v) is 7.31. The van der Waals surface area contributed by atoms with Gasteiger partial charge in [-0.05, 0) is 42.2 Å².